The summed E-state index contributed by atoms with van der Waals surface area (Å²) >= 11 is 9.10. The van der Waals surface area contributed by atoms with Gasteiger partial charge >= 0.3 is 0 Å². The lowest BCUT2D eigenvalue weighted by Crippen LogP contribution is -2.49. The van der Waals surface area contributed by atoms with Crippen molar-refractivity contribution in [3.05, 3.63) is 35.4 Å². The van der Waals surface area contributed by atoms with E-state index in [9.17, 15) is 20.4 Å². The number of hydrogen-bond acceptors (Lipinski definition) is 7. The predicted molar refractivity (Wildman–Crippen MR) is 95.5 cm³/mol. The van der Waals surface area contributed by atoms with E-state index >= 15 is 0 Å². The molecule has 4 atom stereocenters. The van der Waals surface area contributed by atoms with Gasteiger partial charge in [0.1, 0.15) is 28.7 Å². The maximum absolute atomic E-state index is 10.0. The molecule has 0 saturated heterocycles. The van der Waals surface area contributed by atoms with Crippen LogP contribution in [0.2, 0.25) is 0 Å². The molecule has 6 N–H and O–H groups in total. The first kappa shape index (κ1) is 21.3. The lowest BCUT2D eigenvalue weighted by Gasteiger charge is -2.30. The molecule has 0 aromatic heterocycles. The average molecular weight is 377 g/mol. The standard InChI is InChI=1S/C15H23NO6S2/c17-7-10-3-1-9(2-4-10)5-16(15(23)24)6-11(19)13(21)14(22)12(20)8-18/h1-4,11-14,17-22H,5-8H2,(H,23,24)/t11-,12+,13+,14+/m0/s1. The fraction of sp³-hybridized carbons (Fsp3) is 0.533. The molecule has 0 unspecified atom stereocenters. The Hall–Kier alpha value is -0.780. The summed E-state index contributed by atoms with van der Waals surface area (Å²) in [5.74, 6) is 0. The van der Waals surface area contributed by atoms with E-state index in [2.05, 4.69) is 12.6 Å². The summed E-state index contributed by atoms with van der Waals surface area (Å²) < 4.78 is 0.185. The molecule has 0 fully saturated rings. The highest BCUT2D eigenvalue weighted by molar-refractivity contribution is 8.10. The molecule has 136 valence electrons. The van der Waals surface area contributed by atoms with Gasteiger partial charge in [0.05, 0.1) is 13.2 Å². The third kappa shape index (κ3) is 6.26. The first-order valence-electron chi connectivity index (χ1n) is 7.29. The number of hydrogen-bond donors (Lipinski definition) is 7. The first-order chi connectivity index (χ1) is 11.3. The van der Waals surface area contributed by atoms with Crippen molar-refractivity contribution in [3.8, 4) is 0 Å². The molecule has 0 saturated carbocycles. The summed E-state index contributed by atoms with van der Waals surface area (Å²) in [6.07, 6.45) is -6.32. The molecule has 0 aliphatic carbocycles. The zero-order chi connectivity index (χ0) is 18.3. The third-order valence-electron chi connectivity index (χ3n) is 3.58. The van der Waals surface area contributed by atoms with Gasteiger partial charge in [-0.1, -0.05) is 36.5 Å². The zero-order valence-electron chi connectivity index (χ0n) is 12.9. The molecule has 24 heavy (non-hydrogen) atoms. The van der Waals surface area contributed by atoms with Crippen molar-refractivity contribution < 1.29 is 30.6 Å². The van der Waals surface area contributed by atoms with E-state index in [-0.39, 0.29) is 17.5 Å². The van der Waals surface area contributed by atoms with Crippen LogP contribution in [0.3, 0.4) is 0 Å². The van der Waals surface area contributed by atoms with Gasteiger partial charge in [0.15, 0.2) is 0 Å². The van der Waals surface area contributed by atoms with Crippen LogP contribution in [0.5, 0.6) is 0 Å². The number of nitrogens with zero attached hydrogens (tertiary/aromatic N) is 1. The van der Waals surface area contributed by atoms with Crippen molar-refractivity contribution in [1.82, 2.24) is 4.90 Å². The van der Waals surface area contributed by atoms with Crippen molar-refractivity contribution in [2.75, 3.05) is 13.2 Å². The Morgan fingerprint density at radius 1 is 0.958 bits per heavy atom. The largest absolute Gasteiger partial charge is 0.394 e. The van der Waals surface area contributed by atoms with Crippen LogP contribution < -0.4 is 0 Å². The Morgan fingerprint density at radius 3 is 1.92 bits per heavy atom. The predicted octanol–water partition coefficient (Wildman–Crippen LogP) is -1.37. The summed E-state index contributed by atoms with van der Waals surface area (Å²) in [6, 6.07) is 7.08. The SMILES string of the molecule is OCc1ccc(CN(C[C@H](O)[C@@H](O)[C@H](O)[C@H](O)CO)C(=S)S)cc1. The molecule has 7 nitrogen and oxygen atoms in total. The minimum Gasteiger partial charge on any atom is -0.394 e. The second-order valence-corrected chi connectivity index (χ2v) is 6.55. The molecule has 0 aliphatic rings. The van der Waals surface area contributed by atoms with E-state index in [0.717, 1.165) is 11.1 Å². The smallest absolute Gasteiger partial charge is 0.133 e. The van der Waals surface area contributed by atoms with Gasteiger partial charge in [0.2, 0.25) is 0 Å². The van der Waals surface area contributed by atoms with Gasteiger partial charge in [0.25, 0.3) is 0 Å². The highest BCUT2D eigenvalue weighted by Crippen LogP contribution is 2.13. The van der Waals surface area contributed by atoms with E-state index in [1.165, 1.54) is 4.90 Å². The first-order valence-corrected chi connectivity index (χ1v) is 8.15. The number of aliphatic hydroxyl groups excluding tert-OH is 6. The summed E-state index contributed by atoms with van der Waals surface area (Å²) in [6.45, 7) is -0.626. The van der Waals surface area contributed by atoms with Gasteiger partial charge in [-0.15, -0.1) is 12.6 Å². The summed E-state index contributed by atoms with van der Waals surface area (Å²) in [7, 11) is 0. The molecule has 0 heterocycles. The second kappa shape index (κ2) is 10.3. The van der Waals surface area contributed by atoms with Gasteiger partial charge < -0.3 is 35.5 Å². The van der Waals surface area contributed by atoms with Crippen molar-refractivity contribution in [2.24, 2.45) is 0 Å². The fourth-order valence-electron chi connectivity index (χ4n) is 2.08. The molecule has 9 heteroatoms. The molecule has 1 aromatic rings. The molecular formula is C15H23NO6S2. The number of benzene rings is 1. The molecule has 0 bridgehead atoms. The normalized spacial score (nSPS) is 16.3. The van der Waals surface area contributed by atoms with Crippen molar-refractivity contribution in [2.45, 2.75) is 37.6 Å². The van der Waals surface area contributed by atoms with Gasteiger partial charge in [-0.05, 0) is 11.1 Å². The Bertz CT molecular complexity index is 515. The molecule has 0 aliphatic heterocycles. The van der Waals surface area contributed by atoms with Crippen LogP contribution in [-0.2, 0) is 13.2 Å². The summed E-state index contributed by atoms with van der Waals surface area (Å²) in [5, 5.41) is 56.7. The molecule has 1 aromatic carbocycles. The quantitative estimate of drug-likeness (QED) is 0.208. The summed E-state index contributed by atoms with van der Waals surface area (Å²) in [4.78, 5) is 1.51. The van der Waals surface area contributed by atoms with Crippen LogP contribution in [0.15, 0.2) is 24.3 Å². The highest BCUT2D eigenvalue weighted by Gasteiger charge is 2.31. The Balaban J connectivity index is 2.72. The van der Waals surface area contributed by atoms with Crippen molar-refractivity contribution in [1.29, 1.82) is 0 Å². The van der Waals surface area contributed by atoms with E-state index in [4.69, 9.17) is 22.4 Å². The Kier molecular flexibility index (Phi) is 9.09. The number of rotatable bonds is 9. The minimum absolute atomic E-state index is 0.0645. The fourth-order valence-corrected chi connectivity index (χ4v) is 2.37. The van der Waals surface area contributed by atoms with Crippen LogP contribution in [0.4, 0.5) is 0 Å². The number of aliphatic hydroxyl groups is 6. The van der Waals surface area contributed by atoms with Crippen LogP contribution >= 0.6 is 24.8 Å². The number of thiocarbonyl (C=S) groups is 1. The molecule has 1 rings (SSSR count). The topological polar surface area (TPSA) is 125 Å². The van der Waals surface area contributed by atoms with E-state index < -0.39 is 31.0 Å². The van der Waals surface area contributed by atoms with Gasteiger partial charge in [-0.3, -0.25) is 0 Å². The molecule has 0 spiro atoms. The molecular weight excluding hydrogens is 354 g/mol. The van der Waals surface area contributed by atoms with E-state index in [0.29, 0.717) is 6.54 Å². The lowest BCUT2D eigenvalue weighted by atomic mass is 10.0. The van der Waals surface area contributed by atoms with Crippen LogP contribution in [0.25, 0.3) is 0 Å². The van der Waals surface area contributed by atoms with Crippen LogP contribution in [0, 0.1) is 0 Å². The van der Waals surface area contributed by atoms with Crippen molar-refractivity contribution in [3.63, 3.8) is 0 Å². The second-order valence-electron chi connectivity index (χ2n) is 5.44. The van der Waals surface area contributed by atoms with Crippen LogP contribution in [0.1, 0.15) is 11.1 Å². The van der Waals surface area contributed by atoms with Crippen molar-refractivity contribution >= 4 is 29.2 Å². The number of thiol groups is 1. The van der Waals surface area contributed by atoms with Gasteiger partial charge in [0, 0.05) is 13.1 Å². The van der Waals surface area contributed by atoms with Gasteiger partial charge in [-0.2, -0.15) is 0 Å². The molecule has 0 amide bonds. The van der Waals surface area contributed by atoms with Gasteiger partial charge in [-0.25, -0.2) is 0 Å². The average Bonchev–Trinajstić information content (AvgIpc) is 2.59. The highest BCUT2D eigenvalue weighted by atomic mass is 32.1. The minimum atomic E-state index is -1.69. The zero-order valence-corrected chi connectivity index (χ0v) is 14.6. The maximum atomic E-state index is 10.0. The monoisotopic (exact) mass is 377 g/mol. The van der Waals surface area contributed by atoms with E-state index in [1.807, 2.05) is 0 Å². The maximum Gasteiger partial charge on any atom is 0.133 e. The molecule has 0 radical (unpaired) electrons. The lowest BCUT2D eigenvalue weighted by molar-refractivity contribution is -0.117. The Labute approximate surface area is 151 Å². The Morgan fingerprint density at radius 2 is 1.46 bits per heavy atom. The van der Waals surface area contributed by atoms with E-state index in [1.54, 1.807) is 24.3 Å². The third-order valence-corrected chi connectivity index (χ3v) is 4.12. The van der Waals surface area contributed by atoms with Crippen LogP contribution in [-0.4, -0.2) is 77.4 Å². The summed E-state index contributed by atoms with van der Waals surface area (Å²) in [5.41, 5.74) is 1.61.